The van der Waals surface area contributed by atoms with Crippen molar-refractivity contribution in [3.63, 3.8) is 0 Å². The number of urea groups is 1. The molecule has 28 heavy (non-hydrogen) atoms. The van der Waals surface area contributed by atoms with Crippen LogP contribution in [0.15, 0.2) is 18.2 Å². The third-order valence-electron chi connectivity index (χ3n) is 4.69. The Kier molecular flexibility index (Phi) is 4.97. The number of rotatable bonds is 4. The van der Waals surface area contributed by atoms with Crippen molar-refractivity contribution in [2.45, 2.75) is 51.8 Å². The molecule has 1 atom stereocenters. The van der Waals surface area contributed by atoms with Crippen LogP contribution in [-0.2, 0) is 21.7 Å². The second kappa shape index (κ2) is 6.75. The van der Waals surface area contributed by atoms with Gasteiger partial charge in [0.05, 0.1) is 11.2 Å². The quantitative estimate of drug-likeness (QED) is 0.622. The van der Waals surface area contributed by atoms with E-state index in [-0.39, 0.29) is 18.5 Å². The summed E-state index contributed by atoms with van der Waals surface area (Å²) in [5.41, 5.74) is 1.80. The molecule has 1 aliphatic heterocycles. The van der Waals surface area contributed by atoms with Gasteiger partial charge in [-0.1, -0.05) is 0 Å². The number of imide groups is 1. The van der Waals surface area contributed by atoms with Gasteiger partial charge in [-0.15, -0.1) is 4.72 Å². The molecule has 2 aromatic rings. The monoisotopic (exact) mass is 405 g/mol. The molecule has 1 aliphatic rings. The lowest BCUT2D eigenvalue weighted by molar-refractivity contribution is -0.123. The summed E-state index contributed by atoms with van der Waals surface area (Å²) in [6.07, 6.45) is 0. The Labute approximate surface area is 168 Å². The van der Waals surface area contributed by atoms with E-state index in [1.165, 1.54) is 11.9 Å². The highest BCUT2D eigenvalue weighted by atomic mass is 32.2. The molecular weight excluding hydrogens is 378 g/mol. The summed E-state index contributed by atoms with van der Waals surface area (Å²) < 4.78 is 17.0. The van der Waals surface area contributed by atoms with Crippen LogP contribution in [0.3, 0.4) is 0 Å². The van der Waals surface area contributed by atoms with Gasteiger partial charge < -0.3 is 4.55 Å². The highest BCUT2D eigenvalue weighted by Gasteiger charge is 2.38. The second-order valence-corrected chi connectivity index (χ2v) is 10.7. The molecule has 3 amide bonds. The first-order valence-electron chi connectivity index (χ1n) is 9.10. The third-order valence-corrected chi connectivity index (χ3v) is 6.50. The molecule has 0 aromatic carbocycles. The Morgan fingerprint density at radius 2 is 1.79 bits per heavy atom. The highest BCUT2D eigenvalue weighted by Crippen LogP contribution is 2.29. The van der Waals surface area contributed by atoms with Gasteiger partial charge in [-0.05, 0) is 65.3 Å². The number of hydrogen-bond acceptors (Lipinski definition) is 5. The predicted molar refractivity (Wildman–Crippen MR) is 109 cm³/mol. The smallest absolute Gasteiger partial charge is 0.332 e. The summed E-state index contributed by atoms with van der Waals surface area (Å²) in [5.74, 6) is 0.284. The minimum atomic E-state index is -1.27. The van der Waals surface area contributed by atoms with E-state index in [4.69, 9.17) is 0 Å². The minimum Gasteiger partial charge on any atom is -0.598 e. The molecule has 1 saturated heterocycles. The molecule has 0 saturated carbocycles. The number of carbonyl (C=O) groups is 2. The standard InChI is InChI=1S/C19H27N5O3S/c1-12-8-13-10-14(19(5,6)21-28(27)18(2,3)4)20-24(13)15(9-12)23-11-16(25)22(7)17(23)26/h8-10,21H,11H2,1-7H3/t28-/m1/s1. The molecule has 8 nitrogen and oxygen atoms in total. The summed E-state index contributed by atoms with van der Waals surface area (Å²) in [4.78, 5) is 27.0. The van der Waals surface area contributed by atoms with Gasteiger partial charge in [0.25, 0.3) is 5.91 Å². The number of pyridine rings is 1. The van der Waals surface area contributed by atoms with Crippen LogP contribution in [0, 0.1) is 6.92 Å². The number of nitrogens with one attached hydrogen (secondary N) is 1. The Bertz CT molecular complexity index is 947. The zero-order valence-corrected chi connectivity index (χ0v) is 18.2. The van der Waals surface area contributed by atoms with Crippen molar-refractivity contribution in [2.75, 3.05) is 18.5 Å². The first-order valence-corrected chi connectivity index (χ1v) is 10.2. The molecule has 9 heteroatoms. The number of hydrogen-bond donors (Lipinski definition) is 1. The van der Waals surface area contributed by atoms with E-state index < -0.39 is 21.6 Å². The van der Waals surface area contributed by atoms with E-state index in [1.54, 1.807) is 4.52 Å². The lowest BCUT2D eigenvalue weighted by Crippen LogP contribution is -2.48. The van der Waals surface area contributed by atoms with Crippen LogP contribution < -0.4 is 9.62 Å². The van der Waals surface area contributed by atoms with Crippen LogP contribution in [0.1, 0.15) is 45.9 Å². The molecule has 3 heterocycles. The fourth-order valence-corrected chi connectivity index (χ4v) is 3.81. The van der Waals surface area contributed by atoms with Crippen molar-refractivity contribution in [1.82, 2.24) is 19.2 Å². The number of nitrogens with zero attached hydrogens (tertiary/aromatic N) is 4. The normalized spacial score (nSPS) is 17.1. The van der Waals surface area contributed by atoms with Crippen LogP contribution >= 0.6 is 0 Å². The lowest BCUT2D eigenvalue weighted by Gasteiger charge is -2.31. The molecule has 152 valence electrons. The van der Waals surface area contributed by atoms with Crippen molar-refractivity contribution in [3.05, 3.63) is 29.5 Å². The summed E-state index contributed by atoms with van der Waals surface area (Å²) in [7, 11) is 1.47. The zero-order chi connectivity index (χ0) is 21.0. The molecule has 1 fully saturated rings. The van der Waals surface area contributed by atoms with Crippen molar-refractivity contribution < 1.29 is 14.1 Å². The SMILES string of the molecule is Cc1cc(N2CC(=O)N(C)C2=O)n2nc(C(C)(C)N[S@+]([O-])C(C)(C)C)cc2c1. The molecule has 0 aliphatic carbocycles. The lowest BCUT2D eigenvalue weighted by atomic mass is 10.0. The maximum Gasteiger partial charge on any atom is 0.332 e. The largest absolute Gasteiger partial charge is 0.598 e. The topological polar surface area (TPSA) is 93.0 Å². The van der Waals surface area contributed by atoms with Crippen LogP contribution in [0.4, 0.5) is 10.6 Å². The van der Waals surface area contributed by atoms with Crippen molar-refractivity contribution in [2.24, 2.45) is 0 Å². The number of aryl methyl sites for hydroxylation is 1. The van der Waals surface area contributed by atoms with Gasteiger partial charge in [0, 0.05) is 18.4 Å². The first-order chi connectivity index (χ1) is 12.8. The average molecular weight is 406 g/mol. The summed E-state index contributed by atoms with van der Waals surface area (Å²) in [5, 5.41) is 4.69. The average Bonchev–Trinajstić information content (AvgIpc) is 3.10. The molecule has 2 aromatic heterocycles. The number of fused-ring (bicyclic) bond motifs is 1. The maximum absolute atomic E-state index is 12.6. The van der Waals surface area contributed by atoms with Gasteiger partial charge in [-0.25, -0.2) is 9.31 Å². The van der Waals surface area contributed by atoms with E-state index in [9.17, 15) is 14.1 Å². The Balaban J connectivity index is 2.05. The van der Waals surface area contributed by atoms with E-state index in [2.05, 4.69) is 9.82 Å². The van der Waals surface area contributed by atoms with Gasteiger partial charge in [-0.2, -0.15) is 5.10 Å². The fraction of sp³-hybridized carbons (Fsp3) is 0.526. The number of anilines is 1. The molecule has 0 radical (unpaired) electrons. The zero-order valence-electron chi connectivity index (χ0n) is 17.4. The van der Waals surface area contributed by atoms with Gasteiger partial charge in [0.15, 0.2) is 0 Å². The Morgan fingerprint density at radius 3 is 2.32 bits per heavy atom. The molecular formula is C19H27N5O3S. The summed E-state index contributed by atoms with van der Waals surface area (Å²) in [6.45, 7) is 11.5. The van der Waals surface area contributed by atoms with E-state index in [0.29, 0.717) is 11.5 Å². The number of amides is 3. The van der Waals surface area contributed by atoms with Gasteiger partial charge in [-0.3, -0.25) is 14.6 Å². The Hall–Kier alpha value is -2.10. The molecule has 0 spiro atoms. The first kappa shape index (κ1) is 20.6. The van der Waals surface area contributed by atoms with E-state index >= 15 is 0 Å². The summed E-state index contributed by atoms with van der Waals surface area (Å²) in [6, 6.07) is 5.33. The van der Waals surface area contributed by atoms with Crippen molar-refractivity contribution in [3.8, 4) is 0 Å². The fourth-order valence-electron chi connectivity index (χ4n) is 2.93. The minimum absolute atomic E-state index is 0.0151. The van der Waals surface area contributed by atoms with Gasteiger partial charge >= 0.3 is 6.03 Å². The summed E-state index contributed by atoms with van der Waals surface area (Å²) >= 11 is -1.27. The van der Waals surface area contributed by atoms with Crippen LogP contribution in [-0.4, -0.2) is 49.3 Å². The number of carbonyl (C=O) groups excluding carboxylic acids is 2. The predicted octanol–water partition coefficient (Wildman–Crippen LogP) is 2.33. The molecule has 1 N–H and O–H groups in total. The van der Waals surface area contributed by atoms with Crippen molar-refractivity contribution >= 4 is 34.6 Å². The van der Waals surface area contributed by atoms with E-state index in [1.807, 2.05) is 59.7 Å². The number of aromatic nitrogens is 2. The van der Waals surface area contributed by atoms with Crippen LogP contribution in [0.5, 0.6) is 0 Å². The van der Waals surface area contributed by atoms with Crippen LogP contribution in [0.2, 0.25) is 0 Å². The van der Waals surface area contributed by atoms with Gasteiger partial charge in [0.1, 0.15) is 22.6 Å². The molecule has 3 rings (SSSR count). The highest BCUT2D eigenvalue weighted by molar-refractivity contribution is 7.90. The number of likely N-dealkylation sites (N-methyl/N-ethyl adjacent to an activating group) is 1. The van der Waals surface area contributed by atoms with E-state index in [0.717, 1.165) is 16.0 Å². The van der Waals surface area contributed by atoms with Crippen molar-refractivity contribution in [1.29, 1.82) is 0 Å². The maximum atomic E-state index is 12.6. The Morgan fingerprint density at radius 1 is 1.14 bits per heavy atom. The molecule has 0 bridgehead atoms. The molecule has 0 unspecified atom stereocenters. The van der Waals surface area contributed by atoms with Crippen LogP contribution in [0.25, 0.3) is 5.52 Å². The second-order valence-electron chi connectivity index (χ2n) is 8.69. The van der Waals surface area contributed by atoms with Gasteiger partial charge in [0.2, 0.25) is 0 Å². The third kappa shape index (κ3) is 3.61.